The van der Waals surface area contributed by atoms with E-state index in [9.17, 15) is 15.0 Å². The summed E-state index contributed by atoms with van der Waals surface area (Å²) in [6.07, 6.45) is 0. The minimum absolute atomic E-state index is 0.135. The number of primary amides is 1. The monoisotopic (exact) mass is 240 g/mol. The summed E-state index contributed by atoms with van der Waals surface area (Å²) in [6.45, 7) is 3.34. The van der Waals surface area contributed by atoms with E-state index in [1.54, 1.807) is 13.8 Å². The van der Waals surface area contributed by atoms with Crippen LogP contribution < -0.4 is 11.1 Å². The van der Waals surface area contributed by atoms with E-state index in [2.05, 4.69) is 5.32 Å². The first kappa shape index (κ1) is 13.1. The van der Waals surface area contributed by atoms with Crippen molar-refractivity contribution in [2.45, 2.75) is 25.9 Å². The molecule has 1 aromatic carbocycles. The molecule has 0 unspecified atom stereocenters. The smallest absolute Gasteiger partial charge is 0.237 e. The molecule has 17 heavy (non-hydrogen) atoms. The van der Waals surface area contributed by atoms with Crippen LogP contribution in [0.1, 0.15) is 19.4 Å². The van der Waals surface area contributed by atoms with Crippen LogP contribution in [0.3, 0.4) is 0 Å². The van der Waals surface area contributed by atoms with Gasteiger partial charge in [0.15, 0.2) is 11.5 Å². The fourth-order valence-corrected chi connectivity index (χ4v) is 1.16. The van der Waals surface area contributed by atoms with E-state index in [0.717, 1.165) is 0 Å². The SMILES string of the molecule is CC(C)(NCc1ccc(O)c(O)c1O)C(N)=O. The molecule has 0 atom stereocenters. The van der Waals surface area contributed by atoms with E-state index in [4.69, 9.17) is 10.8 Å². The quantitative estimate of drug-likeness (QED) is 0.481. The van der Waals surface area contributed by atoms with Gasteiger partial charge >= 0.3 is 0 Å². The summed E-state index contributed by atoms with van der Waals surface area (Å²) in [5.41, 5.74) is 4.60. The maximum Gasteiger partial charge on any atom is 0.237 e. The van der Waals surface area contributed by atoms with E-state index >= 15 is 0 Å². The number of hydrogen-bond acceptors (Lipinski definition) is 5. The molecule has 0 fully saturated rings. The topological polar surface area (TPSA) is 116 Å². The van der Waals surface area contributed by atoms with Crippen molar-refractivity contribution in [2.24, 2.45) is 5.73 Å². The number of carbonyl (C=O) groups excluding carboxylic acids is 1. The highest BCUT2D eigenvalue weighted by molar-refractivity contribution is 5.83. The van der Waals surface area contributed by atoms with Crippen molar-refractivity contribution in [1.82, 2.24) is 5.32 Å². The normalized spacial score (nSPS) is 11.4. The van der Waals surface area contributed by atoms with Crippen molar-refractivity contribution in [3.8, 4) is 17.2 Å². The maximum atomic E-state index is 11.1. The highest BCUT2D eigenvalue weighted by atomic mass is 16.3. The van der Waals surface area contributed by atoms with Gasteiger partial charge in [-0.1, -0.05) is 6.07 Å². The van der Waals surface area contributed by atoms with Gasteiger partial charge in [0.05, 0.1) is 5.54 Å². The second-order valence-electron chi connectivity index (χ2n) is 4.28. The summed E-state index contributed by atoms with van der Waals surface area (Å²) in [6, 6.07) is 2.69. The molecule has 0 heterocycles. The van der Waals surface area contributed by atoms with Gasteiger partial charge in [-0.3, -0.25) is 10.1 Å². The second-order valence-corrected chi connectivity index (χ2v) is 4.28. The van der Waals surface area contributed by atoms with Crippen molar-refractivity contribution >= 4 is 5.91 Å². The average molecular weight is 240 g/mol. The molecule has 0 saturated carbocycles. The predicted octanol–water partition coefficient (Wildman–Crippen LogP) is 0.157. The lowest BCUT2D eigenvalue weighted by atomic mass is 10.0. The molecule has 6 N–H and O–H groups in total. The van der Waals surface area contributed by atoms with Crippen molar-refractivity contribution in [3.05, 3.63) is 17.7 Å². The van der Waals surface area contributed by atoms with Gasteiger partial charge < -0.3 is 21.1 Å². The third kappa shape index (κ3) is 2.79. The van der Waals surface area contributed by atoms with E-state index in [1.807, 2.05) is 0 Å². The molecule has 0 aliphatic rings. The number of nitrogens with one attached hydrogen (secondary N) is 1. The summed E-state index contributed by atoms with van der Waals surface area (Å²) in [5.74, 6) is -1.93. The summed E-state index contributed by atoms with van der Waals surface area (Å²) < 4.78 is 0. The summed E-state index contributed by atoms with van der Waals surface area (Å²) in [7, 11) is 0. The fraction of sp³-hybridized carbons (Fsp3) is 0.364. The molecule has 94 valence electrons. The molecule has 1 amide bonds. The Hall–Kier alpha value is -1.95. The number of hydrogen-bond donors (Lipinski definition) is 5. The largest absolute Gasteiger partial charge is 0.504 e. The van der Waals surface area contributed by atoms with Crippen molar-refractivity contribution < 1.29 is 20.1 Å². The van der Waals surface area contributed by atoms with Gasteiger partial charge in [-0.2, -0.15) is 0 Å². The lowest BCUT2D eigenvalue weighted by molar-refractivity contribution is -0.123. The van der Waals surface area contributed by atoms with Crippen LogP contribution >= 0.6 is 0 Å². The second kappa shape index (κ2) is 4.50. The predicted molar refractivity (Wildman–Crippen MR) is 61.5 cm³/mol. The van der Waals surface area contributed by atoms with Crippen LogP contribution in [0.25, 0.3) is 0 Å². The van der Waals surface area contributed by atoms with Gasteiger partial charge in [-0.15, -0.1) is 0 Å². The van der Waals surface area contributed by atoms with E-state index in [1.165, 1.54) is 12.1 Å². The third-order valence-corrected chi connectivity index (χ3v) is 2.55. The van der Waals surface area contributed by atoms with Crippen molar-refractivity contribution in [1.29, 1.82) is 0 Å². The Labute approximate surface area is 98.7 Å². The highest BCUT2D eigenvalue weighted by Gasteiger charge is 2.24. The van der Waals surface area contributed by atoms with Crippen LogP contribution in [0.5, 0.6) is 17.2 Å². The number of amides is 1. The Kier molecular flexibility index (Phi) is 3.47. The summed E-state index contributed by atoms with van der Waals surface area (Å²) in [4.78, 5) is 11.1. The molecule has 1 aromatic rings. The first-order valence-corrected chi connectivity index (χ1v) is 5.03. The van der Waals surface area contributed by atoms with E-state index < -0.39 is 28.7 Å². The average Bonchev–Trinajstić information content (AvgIpc) is 2.25. The molecule has 0 saturated heterocycles. The number of phenols is 3. The molecular formula is C11H16N2O4. The Bertz CT molecular complexity index is 443. The molecule has 0 aliphatic heterocycles. The molecule has 0 bridgehead atoms. The number of phenolic OH excluding ortho intramolecular Hbond substituents is 3. The Morgan fingerprint density at radius 3 is 2.41 bits per heavy atom. The van der Waals surface area contributed by atoms with Crippen LogP contribution in [0.4, 0.5) is 0 Å². The number of aromatic hydroxyl groups is 3. The minimum Gasteiger partial charge on any atom is -0.504 e. The molecule has 6 heteroatoms. The van der Waals surface area contributed by atoms with E-state index in [0.29, 0.717) is 5.56 Å². The van der Waals surface area contributed by atoms with Crippen LogP contribution in [0.15, 0.2) is 12.1 Å². The van der Waals surface area contributed by atoms with Crippen LogP contribution in [-0.2, 0) is 11.3 Å². The first-order valence-electron chi connectivity index (χ1n) is 5.03. The number of benzene rings is 1. The van der Waals surface area contributed by atoms with Gasteiger partial charge in [0.25, 0.3) is 0 Å². The summed E-state index contributed by atoms with van der Waals surface area (Å²) >= 11 is 0. The Balaban J connectivity index is 2.84. The van der Waals surface area contributed by atoms with Gasteiger partial charge in [-0.05, 0) is 19.9 Å². The van der Waals surface area contributed by atoms with Crippen LogP contribution in [0.2, 0.25) is 0 Å². The van der Waals surface area contributed by atoms with Gasteiger partial charge in [0, 0.05) is 12.1 Å². The fourth-order valence-electron chi connectivity index (χ4n) is 1.16. The number of rotatable bonds is 4. The number of nitrogens with two attached hydrogens (primary N) is 1. The van der Waals surface area contributed by atoms with Crippen LogP contribution in [-0.4, -0.2) is 26.8 Å². The molecule has 0 radical (unpaired) electrons. The standard InChI is InChI=1S/C11H16N2O4/c1-11(2,10(12)17)13-5-6-3-4-7(14)9(16)8(6)15/h3-4,13-16H,5H2,1-2H3,(H2,12,17). The van der Waals surface area contributed by atoms with Gasteiger partial charge in [-0.25, -0.2) is 0 Å². The van der Waals surface area contributed by atoms with Crippen LogP contribution in [0, 0.1) is 0 Å². The Morgan fingerprint density at radius 1 is 1.29 bits per heavy atom. The lowest BCUT2D eigenvalue weighted by Crippen LogP contribution is -2.50. The first-order chi connectivity index (χ1) is 7.75. The highest BCUT2D eigenvalue weighted by Crippen LogP contribution is 2.36. The third-order valence-electron chi connectivity index (χ3n) is 2.55. The zero-order chi connectivity index (χ0) is 13.2. The van der Waals surface area contributed by atoms with Gasteiger partial charge in [0.1, 0.15) is 0 Å². The zero-order valence-electron chi connectivity index (χ0n) is 9.69. The lowest BCUT2D eigenvalue weighted by Gasteiger charge is -2.22. The molecular weight excluding hydrogens is 224 g/mol. The van der Waals surface area contributed by atoms with Crippen molar-refractivity contribution in [3.63, 3.8) is 0 Å². The zero-order valence-corrected chi connectivity index (χ0v) is 9.69. The summed E-state index contributed by atoms with van der Waals surface area (Å²) in [5, 5.41) is 30.8. The molecule has 6 nitrogen and oxygen atoms in total. The Morgan fingerprint density at radius 2 is 1.88 bits per heavy atom. The maximum absolute atomic E-state index is 11.1. The molecule has 0 aromatic heterocycles. The van der Waals surface area contributed by atoms with Gasteiger partial charge in [0.2, 0.25) is 11.7 Å². The minimum atomic E-state index is -0.931. The molecule has 0 aliphatic carbocycles. The number of carbonyl (C=O) groups is 1. The van der Waals surface area contributed by atoms with Crippen molar-refractivity contribution in [2.75, 3.05) is 0 Å². The molecule has 0 spiro atoms. The molecule has 1 rings (SSSR count). The van der Waals surface area contributed by atoms with E-state index in [-0.39, 0.29) is 6.54 Å².